The highest BCUT2D eigenvalue weighted by Crippen LogP contribution is 2.25. The molecular weight excluding hydrogens is 200 g/mol. The molecule has 0 aliphatic heterocycles. The highest BCUT2D eigenvalue weighted by molar-refractivity contribution is 6.22. The van der Waals surface area contributed by atoms with Crippen LogP contribution in [0, 0.1) is 0 Å². The van der Waals surface area contributed by atoms with Gasteiger partial charge in [0.25, 0.3) is 0 Å². The summed E-state index contributed by atoms with van der Waals surface area (Å²) in [6.45, 7) is 2.22. The highest BCUT2D eigenvalue weighted by atomic mass is 35.5. The summed E-state index contributed by atoms with van der Waals surface area (Å²) < 4.78 is 10.3. The quantitative estimate of drug-likeness (QED) is 0.372. The summed E-state index contributed by atoms with van der Waals surface area (Å²) >= 11 is 5.96. The van der Waals surface area contributed by atoms with Crippen molar-refractivity contribution in [1.82, 2.24) is 0 Å². The van der Waals surface area contributed by atoms with Crippen molar-refractivity contribution in [2.45, 2.75) is 31.1 Å². The minimum Gasteiger partial charge on any atom is -0.382 e. The van der Waals surface area contributed by atoms with E-state index in [9.17, 15) is 0 Å². The van der Waals surface area contributed by atoms with Crippen LogP contribution >= 0.6 is 11.6 Å². The van der Waals surface area contributed by atoms with Crippen LogP contribution in [0.5, 0.6) is 0 Å². The van der Waals surface area contributed by atoms with E-state index in [1.807, 2.05) is 0 Å². The van der Waals surface area contributed by atoms with Gasteiger partial charge in [0.2, 0.25) is 0 Å². The van der Waals surface area contributed by atoms with E-state index in [2.05, 4.69) is 6.08 Å². The molecule has 0 spiro atoms. The van der Waals surface area contributed by atoms with E-state index in [0.717, 1.165) is 25.9 Å². The van der Waals surface area contributed by atoms with E-state index in [1.165, 1.54) is 12.0 Å². The van der Waals surface area contributed by atoms with Crippen LogP contribution in [0.25, 0.3) is 0 Å². The van der Waals surface area contributed by atoms with Crippen LogP contribution < -0.4 is 0 Å². The Morgan fingerprint density at radius 1 is 1.43 bits per heavy atom. The van der Waals surface area contributed by atoms with Gasteiger partial charge in [0.05, 0.1) is 18.6 Å². The Morgan fingerprint density at radius 2 is 2.29 bits per heavy atom. The second-order valence-corrected chi connectivity index (χ2v) is 4.15. The molecule has 3 heteroatoms. The Labute approximate surface area is 91.2 Å². The molecule has 0 radical (unpaired) electrons. The lowest BCUT2D eigenvalue weighted by molar-refractivity contribution is 0.0695. The van der Waals surface area contributed by atoms with Gasteiger partial charge < -0.3 is 9.47 Å². The van der Waals surface area contributed by atoms with Gasteiger partial charge in [-0.1, -0.05) is 11.6 Å². The van der Waals surface area contributed by atoms with Crippen molar-refractivity contribution in [3.63, 3.8) is 0 Å². The molecule has 1 unspecified atom stereocenters. The van der Waals surface area contributed by atoms with Gasteiger partial charge in [0.15, 0.2) is 0 Å². The monoisotopic (exact) mass is 218 g/mol. The number of halogens is 1. The van der Waals surface area contributed by atoms with Crippen LogP contribution in [0.15, 0.2) is 11.6 Å². The first-order valence-corrected chi connectivity index (χ1v) is 5.67. The summed E-state index contributed by atoms with van der Waals surface area (Å²) in [5, 5.41) is 0.277. The molecule has 82 valence electrons. The first-order chi connectivity index (χ1) is 6.83. The van der Waals surface area contributed by atoms with Crippen LogP contribution in [0.2, 0.25) is 0 Å². The summed E-state index contributed by atoms with van der Waals surface area (Å²) in [6, 6.07) is 0. The Morgan fingerprint density at radius 3 is 2.93 bits per heavy atom. The van der Waals surface area contributed by atoms with E-state index in [0.29, 0.717) is 13.2 Å². The molecule has 1 atom stereocenters. The van der Waals surface area contributed by atoms with E-state index in [-0.39, 0.29) is 5.38 Å². The lowest BCUT2D eigenvalue weighted by Gasteiger charge is -2.03. The predicted molar refractivity (Wildman–Crippen MR) is 58.9 cm³/mol. The minimum absolute atomic E-state index is 0.277. The van der Waals surface area contributed by atoms with Gasteiger partial charge in [-0.15, -0.1) is 11.6 Å². The maximum Gasteiger partial charge on any atom is 0.0700 e. The minimum atomic E-state index is 0.277. The molecular formula is C11H19ClO2. The van der Waals surface area contributed by atoms with E-state index < -0.39 is 0 Å². The number of allylic oxidation sites excluding steroid dienone is 2. The van der Waals surface area contributed by atoms with Crippen LogP contribution in [0.3, 0.4) is 0 Å². The second kappa shape index (κ2) is 7.27. The topological polar surface area (TPSA) is 18.5 Å². The molecule has 0 N–H and O–H groups in total. The second-order valence-electron chi connectivity index (χ2n) is 3.59. The fraction of sp³-hybridized carbons (Fsp3) is 0.818. The molecule has 14 heavy (non-hydrogen) atoms. The van der Waals surface area contributed by atoms with Gasteiger partial charge in [-0.25, -0.2) is 0 Å². The van der Waals surface area contributed by atoms with Crippen molar-refractivity contribution < 1.29 is 9.47 Å². The predicted octanol–water partition coefficient (Wildman–Crippen LogP) is 2.76. The lowest BCUT2D eigenvalue weighted by Crippen LogP contribution is -2.02. The number of hydrogen-bond donors (Lipinski definition) is 0. The summed E-state index contributed by atoms with van der Waals surface area (Å²) in [7, 11) is 1.69. The van der Waals surface area contributed by atoms with Crippen LogP contribution in [-0.4, -0.2) is 32.3 Å². The molecule has 0 heterocycles. The molecule has 0 amide bonds. The summed E-state index contributed by atoms with van der Waals surface area (Å²) in [6.07, 6.45) is 6.71. The van der Waals surface area contributed by atoms with Crippen LogP contribution in [0.4, 0.5) is 0 Å². The summed E-state index contributed by atoms with van der Waals surface area (Å²) in [4.78, 5) is 0. The molecule has 0 saturated heterocycles. The average molecular weight is 219 g/mol. The zero-order valence-electron chi connectivity index (χ0n) is 8.80. The molecule has 0 aromatic rings. The zero-order chi connectivity index (χ0) is 10.2. The number of alkyl halides is 1. The van der Waals surface area contributed by atoms with Crippen molar-refractivity contribution in [1.29, 1.82) is 0 Å². The van der Waals surface area contributed by atoms with Gasteiger partial charge in [0, 0.05) is 13.7 Å². The fourth-order valence-electron chi connectivity index (χ4n) is 1.60. The Bertz CT molecular complexity index is 180. The SMILES string of the molecule is COCCOCCCC1=CC(Cl)CC1. The largest absolute Gasteiger partial charge is 0.382 e. The lowest BCUT2D eigenvalue weighted by atomic mass is 10.1. The first kappa shape index (κ1) is 12.0. The maximum absolute atomic E-state index is 5.96. The van der Waals surface area contributed by atoms with E-state index >= 15 is 0 Å². The standard InChI is InChI=1S/C11H19ClO2/c1-13-7-8-14-6-2-3-10-4-5-11(12)9-10/h9,11H,2-8H2,1H3. The van der Waals surface area contributed by atoms with Crippen molar-refractivity contribution in [2.24, 2.45) is 0 Å². The fourth-order valence-corrected chi connectivity index (χ4v) is 1.89. The van der Waals surface area contributed by atoms with Crippen molar-refractivity contribution >= 4 is 11.6 Å². The number of hydrogen-bond acceptors (Lipinski definition) is 2. The first-order valence-electron chi connectivity index (χ1n) is 5.23. The van der Waals surface area contributed by atoms with Gasteiger partial charge in [0.1, 0.15) is 0 Å². The van der Waals surface area contributed by atoms with Gasteiger partial charge >= 0.3 is 0 Å². The van der Waals surface area contributed by atoms with E-state index in [1.54, 1.807) is 7.11 Å². The average Bonchev–Trinajstić information content (AvgIpc) is 2.58. The van der Waals surface area contributed by atoms with E-state index in [4.69, 9.17) is 21.1 Å². The third-order valence-corrected chi connectivity index (χ3v) is 2.72. The maximum atomic E-state index is 5.96. The van der Waals surface area contributed by atoms with Crippen LogP contribution in [0.1, 0.15) is 25.7 Å². The zero-order valence-corrected chi connectivity index (χ0v) is 9.55. The van der Waals surface area contributed by atoms with Crippen LogP contribution in [-0.2, 0) is 9.47 Å². The molecule has 0 fully saturated rings. The summed E-state index contributed by atoms with van der Waals surface area (Å²) in [5.74, 6) is 0. The third-order valence-electron chi connectivity index (χ3n) is 2.38. The molecule has 1 aliphatic rings. The number of methoxy groups -OCH3 is 1. The molecule has 0 saturated carbocycles. The molecule has 0 bridgehead atoms. The number of ether oxygens (including phenoxy) is 2. The van der Waals surface area contributed by atoms with Gasteiger partial charge in [-0.05, 0) is 25.7 Å². The van der Waals surface area contributed by atoms with Crippen molar-refractivity contribution in [3.8, 4) is 0 Å². The van der Waals surface area contributed by atoms with Crippen molar-refractivity contribution in [2.75, 3.05) is 26.9 Å². The number of rotatable bonds is 7. The molecule has 1 rings (SSSR count). The third kappa shape index (κ3) is 4.99. The molecule has 0 aromatic heterocycles. The summed E-state index contributed by atoms with van der Waals surface area (Å²) in [5.41, 5.74) is 1.50. The van der Waals surface area contributed by atoms with Gasteiger partial charge in [-0.2, -0.15) is 0 Å². The van der Waals surface area contributed by atoms with Gasteiger partial charge in [-0.3, -0.25) is 0 Å². The molecule has 1 aliphatic carbocycles. The Kier molecular flexibility index (Phi) is 6.24. The molecule has 0 aromatic carbocycles. The van der Waals surface area contributed by atoms with Crippen molar-refractivity contribution in [3.05, 3.63) is 11.6 Å². The highest BCUT2D eigenvalue weighted by Gasteiger charge is 2.11. The Balaban J connectivity index is 1.91. The smallest absolute Gasteiger partial charge is 0.0700 e. The Hall–Kier alpha value is -0.0500. The molecule has 2 nitrogen and oxygen atoms in total. The normalized spacial score (nSPS) is 21.3.